The van der Waals surface area contributed by atoms with Crippen LogP contribution in [0.2, 0.25) is 4.34 Å². The lowest BCUT2D eigenvalue weighted by atomic mass is 10.1. The fraction of sp³-hybridized carbons (Fsp3) is 0.120. The number of halogens is 1. The number of sulfonamides is 1. The van der Waals surface area contributed by atoms with Crippen molar-refractivity contribution in [2.24, 2.45) is 4.40 Å². The molecule has 2 aromatic carbocycles. The van der Waals surface area contributed by atoms with Gasteiger partial charge in [0.1, 0.15) is 10.8 Å². The predicted molar refractivity (Wildman–Crippen MR) is 145 cm³/mol. The standard InChI is InChI=1S/C25H21ClN2O5S3/c1-3-13-28-24(29)21(34-25(28)27-36(30,31)23-12-11-22(26)35-23)15-18-9-10-19(20(14-18)32-2)33-16-17-7-5-4-6-8-17/h3-12,14-15H,1,13,16H2,2H3/b21-15-,27-25+. The Labute approximate surface area is 222 Å². The van der Waals surface area contributed by atoms with Gasteiger partial charge in [-0.05, 0) is 53.2 Å². The number of rotatable bonds is 9. The lowest BCUT2D eigenvalue weighted by Crippen LogP contribution is -2.29. The average Bonchev–Trinajstić information content (AvgIpc) is 3.43. The largest absolute Gasteiger partial charge is 0.493 e. The molecule has 0 spiro atoms. The molecular weight excluding hydrogens is 540 g/mol. The topological polar surface area (TPSA) is 85.3 Å². The zero-order chi connectivity index (χ0) is 25.7. The van der Waals surface area contributed by atoms with Gasteiger partial charge in [0.25, 0.3) is 15.9 Å². The normalized spacial score (nSPS) is 16.1. The number of amidine groups is 1. The second kappa shape index (κ2) is 11.3. The average molecular weight is 561 g/mol. The van der Waals surface area contributed by atoms with Crippen molar-refractivity contribution in [1.29, 1.82) is 0 Å². The summed E-state index contributed by atoms with van der Waals surface area (Å²) in [6.45, 7) is 4.15. The Morgan fingerprint density at radius 1 is 1.11 bits per heavy atom. The van der Waals surface area contributed by atoms with E-state index in [1.807, 2.05) is 30.3 Å². The van der Waals surface area contributed by atoms with Gasteiger partial charge in [0.05, 0.1) is 16.4 Å². The first-order chi connectivity index (χ1) is 17.3. The van der Waals surface area contributed by atoms with Crippen molar-refractivity contribution in [3.05, 3.63) is 93.7 Å². The number of benzene rings is 2. The molecular formula is C25H21ClN2O5S3. The van der Waals surface area contributed by atoms with Crippen molar-refractivity contribution in [3.63, 3.8) is 0 Å². The van der Waals surface area contributed by atoms with Crippen LogP contribution in [0.1, 0.15) is 11.1 Å². The zero-order valence-electron chi connectivity index (χ0n) is 19.1. The molecule has 2 heterocycles. The van der Waals surface area contributed by atoms with Crippen molar-refractivity contribution in [3.8, 4) is 11.5 Å². The van der Waals surface area contributed by atoms with Gasteiger partial charge in [0, 0.05) is 6.54 Å². The first-order valence-electron chi connectivity index (χ1n) is 10.6. The molecule has 3 aromatic rings. The molecule has 1 saturated heterocycles. The lowest BCUT2D eigenvalue weighted by Gasteiger charge is -2.12. The number of carbonyl (C=O) groups is 1. The number of methoxy groups -OCH3 is 1. The van der Waals surface area contributed by atoms with E-state index < -0.39 is 10.0 Å². The minimum atomic E-state index is -4.03. The Hall–Kier alpha value is -3.05. The van der Waals surface area contributed by atoms with E-state index >= 15 is 0 Å². The van der Waals surface area contributed by atoms with Crippen LogP contribution < -0.4 is 9.47 Å². The Morgan fingerprint density at radius 2 is 1.89 bits per heavy atom. The molecule has 1 aromatic heterocycles. The van der Waals surface area contributed by atoms with Crippen LogP contribution in [0.3, 0.4) is 0 Å². The first kappa shape index (κ1) is 26.0. The van der Waals surface area contributed by atoms with E-state index in [1.54, 1.807) is 24.3 Å². The molecule has 0 radical (unpaired) electrons. The van der Waals surface area contributed by atoms with Crippen molar-refractivity contribution < 1.29 is 22.7 Å². The monoisotopic (exact) mass is 560 g/mol. The number of hydrogen-bond acceptors (Lipinski definition) is 7. The third kappa shape index (κ3) is 6.01. The van der Waals surface area contributed by atoms with E-state index in [1.165, 1.54) is 30.2 Å². The molecule has 36 heavy (non-hydrogen) atoms. The molecule has 1 aliphatic rings. The Balaban J connectivity index is 1.59. The number of thiophene rings is 1. The van der Waals surface area contributed by atoms with Crippen LogP contribution in [-0.4, -0.2) is 38.0 Å². The van der Waals surface area contributed by atoms with E-state index in [-0.39, 0.29) is 21.8 Å². The molecule has 0 unspecified atom stereocenters. The van der Waals surface area contributed by atoms with E-state index in [4.69, 9.17) is 21.1 Å². The predicted octanol–water partition coefficient (Wildman–Crippen LogP) is 5.84. The summed E-state index contributed by atoms with van der Waals surface area (Å²) in [5, 5.41) is 0.0467. The highest BCUT2D eigenvalue weighted by molar-refractivity contribution is 8.19. The fourth-order valence-corrected chi connectivity index (χ4v) is 6.88. The molecule has 0 saturated carbocycles. The van der Waals surface area contributed by atoms with Crippen LogP contribution in [-0.2, 0) is 21.4 Å². The molecule has 0 atom stereocenters. The van der Waals surface area contributed by atoms with Gasteiger partial charge >= 0.3 is 0 Å². The van der Waals surface area contributed by atoms with E-state index in [0.29, 0.717) is 32.9 Å². The lowest BCUT2D eigenvalue weighted by molar-refractivity contribution is -0.121. The summed E-state index contributed by atoms with van der Waals surface area (Å²) < 4.78 is 41.1. The maximum Gasteiger partial charge on any atom is 0.294 e. The number of thioether (sulfide) groups is 1. The van der Waals surface area contributed by atoms with Crippen LogP contribution in [0.5, 0.6) is 11.5 Å². The van der Waals surface area contributed by atoms with E-state index in [0.717, 1.165) is 28.7 Å². The molecule has 0 aliphatic carbocycles. The number of ether oxygens (including phenoxy) is 2. The number of amides is 1. The van der Waals surface area contributed by atoms with Gasteiger partial charge in [-0.15, -0.1) is 22.3 Å². The third-order valence-corrected chi connectivity index (χ3v) is 9.01. The van der Waals surface area contributed by atoms with Crippen LogP contribution in [0.4, 0.5) is 0 Å². The van der Waals surface area contributed by atoms with Crippen LogP contribution in [0.15, 0.2) is 86.8 Å². The second-order valence-corrected chi connectivity index (χ2v) is 12.0. The number of hydrogen-bond donors (Lipinski definition) is 0. The van der Waals surface area contributed by atoms with Crippen molar-refractivity contribution in [2.45, 2.75) is 10.8 Å². The minimum Gasteiger partial charge on any atom is -0.493 e. The molecule has 186 valence electrons. The van der Waals surface area contributed by atoms with E-state index in [9.17, 15) is 13.2 Å². The van der Waals surface area contributed by atoms with Crippen molar-refractivity contribution in [2.75, 3.05) is 13.7 Å². The number of nitrogens with zero attached hydrogens (tertiary/aromatic N) is 2. The van der Waals surface area contributed by atoms with Gasteiger partial charge in [-0.1, -0.05) is 54.1 Å². The quantitative estimate of drug-likeness (QED) is 0.241. The summed E-state index contributed by atoms with van der Waals surface area (Å²) in [5.74, 6) is 0.691. The summed E-state index contributed by atoms with van der Waals surface area (Å²) in [5.41, 5.74) is 1.70. The van der Waals surface area contributed by atoms with E-state index in [2.05, 4.69) is 11.0 Å². The highest BCUT2D eigenvalue weighted by atomic mass is 35.5. The molecule has 1 fully saturated rings. The molecule has 1 aliphatic heterocycles. The van der Waals surface area contributed by atoms with Gasteiger partial charge in [-0.25, -0.2) is 0 Å². The van der Waals surface area contributed by atoms with Crippen molar-refractivity contribution in [1.82, 2.24) is 4.90 Å². The fourth-order valence-electron chi connectivity index (χ4n) is 3.23. The zero-order valence-corrected chi connectivity index (χ0v) is 22.3. The van der Waals surface area contributed by atoms with Crippen LogP contribution in [0, 0.1) is 0 Å². The summed E-state index contributed by atoms with van der Waals surface area (Å²) in [4.78, 5) is 14.6. The van der Waals surface area contributed by atoms with Crippen LogP contribution in [0.25, 0.3) is 6.08 Å². The van der Waals surface area contributed by atoms with Gasteiger partial charge < -0.3 is 9.47 Å². The molecule has 4 rings (SSSR count). The molecule has 7 nitrogen and oxygen atoms in total. The maximum absolute atomic E-state index is 13.1. The maximum atomic E-state index is 13.1. The highest BCUT2D eigenvalue weighted by Crippen LogP contribution is 2.36. The highest BCUT2D eigenvalue weighted by Gasteiger charge is 2.34. The first-order valence-corrected chi connectivity index (χ1v) is 14.0. The summed E-state index contributed by atoms with van der Waals surface area (Å²) in [7, 11) is -2.49. The molecule has 0 bridgehead atoms. The molecule has 1 amide bonds. The summed E-state index contributed by atoms with van der Waals surface area (Å²) in [6, 6.07) is 17.9. The van der Waals surface area contributed by atoms with Crippen molar-refractivity contribution >= 4 is 61.9 Å². The Morgan fingerprint density at radius 3 is 2.56 bits per heavy atom. The summed E-state index contributed by atoms with van der Waals surface area (Å²) >= 11 is 7.76. The minimum absolute atomic E-state index is 0.000130. The third-order valence-electron chi connectivity index (χ3n) is 4.92. The summed E-state index contributed by atoms with van der Waals surface area (Å²) in [6.07, 6.45) is 3.16. The number of carbonyl (C=O) groups excluding carboxylic acids is 1. The van der Waals surface area contributed by atoms with Gasteiger partial charge in [0.2, 0.25) is 0 Å². The second-order valence-electron chi connectivity index (χ2n) is 7.41. The van der Waals surface area contributed by atoms with Crippen LogP contribution >= 0.6 is 34.7 Å². The Bertz CT molecular complexity index is 1450. The molecule has 0 N–H and O–H groups in total. The van der Waals surface area contributed by atoms with Gasteiger partial charge in [0.15, 0.2) is 16.7 Å². The smallest absolute Gasteiger partial charge is 0.294 e. The molecule has 11 heteroatoms. The Kier molecular flexibility index (Phi) is 8.20. The van der Waals surface area contributed by atoms with Gasteiger partial charge in [-0.2, -0.15) is 8.42 Å². The SMILES string of the molecule is C=CCN1C(=O)/C(=C/c2ccc(OCc3ccccc3)c(OC)c2)S/C1=N/S(=O)(=O)c1ccc(Cl)s1. The van der Waals surface area contributed by atoms with Gasteiger partial charge in [-0.3, -0.25) is 9.69 Å².